The van der Waals surface area contributed by atoms with E-state index in [4.69, 9.17) is 0 Å². The molecule has 0 saturated heterocycles. The first-order valence-electron chi connectivity index (χ1n) is 4.84. The fourth-order valence-corrected chi connectivity index (χ4v) is 4.49. The van der Waals surface area contributed by atoms with Crippen LogP contribution in [0.25, 0.3) is 0 Å². The molecule has 1 aromatic heterocycles. The number of nitrogens with one attached hydrogen (secondary N) is 1. The van der Waals surface area contributed by atoms with Gasteiger partial charge in [-0.25, -0.2) is 0 Å². The molecule has 0 radical (unpaired) electrons. The van der Waals surface area contributed by atoms with Crippen LogP contribution in [0.3, 0.4) is 0 Å². The van der Waals surface area contributed by atoms with Crippen LogP contribution in [-0.4, -0.2) is 20.0 Å². The molecule has 0 spiro atoms. The molecule has 1 heterocycles. The van der Waals surface area contributed by atoms with Gasteiger partial charge in [-0.3, -0.25) is 4.55 Å². The van der Waals surface area contributed by atoms with Gasteiger partial charge in [0.15, 0.2) is 0 Å². The molecule has 1 aliphatic rings. The summed E-state index contributed by atoms with van der Waals surface area (Å²) >= 11 is 1.44. The van der Waals surface area contributed by atoms with Crippen LogP contribution in [0.2, 0.25) is 0 Å². The van der Waals surface area contributed by atoms with E-state index < -0.39 is 10.1 Å². The van der Waals surface area contributed by atoms with Crippen molar-refractivity contribution in [2.75, 3.05) is 12.4 Å². The number of anilines is 1. The standard InChI is InChI=1S/C9H13NO3S2/c1-10-9-8(15(11,12)13)6-4-2-3-5-7(6)14-9/h10H,2-5H2,1H3,(H,11,12,13). The van der Waals surface area contributed by atoms with Crippen LogP contribution in [0.15, 0.2) is 4.90 Å². The zero-order valence-corrected chi connectivity index (χ0v) is 10.0. The third-order valence-corrected chi connectivity index (χ3v) is 5.01. The first-order valence-corrected chi connectivity index (χ1v) is 7.09. The SMILES string of the molecule is CNc1sc2c(c1S(=O)(=O)O)CCCC2. The van der Waals surface area contributed by atoms with E-state index in [0.29, 0.717) is 5.00 Å². The number of thiophene rings is 1. The van der Waals surface area contributed by atoms with Crippen LogP contribution in [0.1, 0.15) is 23.3 Å². The predicted molar refractivity (Wildman–Crippen MR) is 60.3 cm³/mol. The Kier molecular flexibility index (Phi) is 2.74. The van der Waals surface area contributed by atoms with E-state index in [1.165, 1.54) is 11.3 Å². The summed E-state index contributed by atoms with van der Waals surface area (Å²) < 4.78 is 31.7. The molecule has 6 heteroatoms. The molecule has 84 valence electrons. The zero-order valence-electron chi connectivity index (χ0n) is 8.41. The van der Waals surface area contributed by atoms with Gasteiger partial charge in [0.25, 0.3) is 10.1 Å². The predicted octanol–water partition coefficient (Wildman–Crippen LogP) is 1.92. The first kappa shape index (κ1) is 10.9. The van der Waals surface area contributed by atoms with Crippen molar-refractivity contribution in [3.8, 4) is 0 Å². The Labute approximate surface area is 93.1 Å². The van der Waals surface area contributed by atoms with E-state index in [9.17, 15) is 13.0 Å². The van der Waals surface area contributed by atoms with Gasteiger partial charge in [0.05, 0.1) is 0 Å². The lowest BCUT2D eigenvalue weighted by Gasteiger charge is -2.11. The van der Waals surface area contributed by atoms with Crippen LogP contribution in [0, 0.1) is 0 Å². The largest absolute Gasteiger partial charge is 0.379 e. The highest BCUT2D eigenvalue weighted by molar-refractivity contribution is 7.86. The molecule has 0 amide bonds. The summed E-state index contributed by atoms with van der Waals surface area (Å²) in [7, 11) is -2.42. The smallest absolute Gasteiger partial charge is 0.297 e. The van der Waals surface area contributed by atoms with E-state index in [1.54, 1.807) is 7.05 Å². The average Bonchev–Trinajstić information content (AvgIpc) is 2.54. The minimum absolute atomic E-state index is 0.102. The normalized spacial score (nSPS) is 16.1. The molecule has 1 aromatic rings. The topological polar surface area (TPSA) is 66.4 Å². The lowest BCUT2D eigenvalue weighted by molar-refractivity contribution is 0.482. The summed E-state index contributed by atoms with van der Waals surface area (Å²) in [5.41, 5.74) is 0.818. The first-order chi connectivity index (χ1) is 7.04. The van der Waals surface area contributed by atoms with Gasteiger partial charge in [-0.05, 0) is 31.2 Å². The van der Waals surface area contributed by atoms with E-state index in [0.717, 1.165) is 36.1 Å². The van der Waals surface area contributed by atoms with Crippen LogP contribution < -0.4 is 5.32 Å². The molecule has 0 unspecified atom stereocenters. The molecule has 0 saturated carbocycles. The Balaban J connectivity index is 2.65. The molecule has 0 bridgehead atoms. The summed E-state index contributed by atoms with van der Waals surface area (Å²) in [5, 5.41) is 3.40. The fraction of sp³-hybridized carbons (Fsp3) is 0.556. The highest BCUT2D eigenvalue weighted by Crippen LogP contribution is 2.40. The fourth-order valence-electron chi connectivity index (χ4n) is 1.97. The van der Waals surface area contributed by atoms with Gasteiger partial charge in [-0.15, -0.1) is 11.3 Å². The maximum Gasteiger partial charge on any atom is 0.297 e. The second-order valence-electron chi connectivity index (χ2n) is 3.59. The second-order valence-corrected chi connectivity index (χ2v) is 6.06. The van der Waals surface area contributed by atoms with E-state index in [2.05, 4.69) is 5.32 Å². The molecule has 15 heavy (non-hydrogen) atoms. The van der Waals surface area contributed by atoms with Crippen LogP contribution in [0.5, 0.6) is 0 Å². The molecular weight excluding hydrogens is 234 g/mol. The quantitative estimate of drug-likeness (QED) is 0.783. The van der Waals surface area contributed by atoms with Crippen molar-refractivity contribution in [3.63, 3.8) is 0 Å². The molecule has 2 rings (SSSR count). The van der Waals surface area contributed by atoms with Crippen molar-refractivity contribution in [1.82, 2.24) is 0 Å². The van der Waals surface area contributed by atoms with Crippen LogP contribution in [-0.2, 0) is 23.0 Å². The summed E-state index contributed by atoms with van der Waals surface area (Å²) in [6.45, 7) is 0. The van der Waals surface area contributed by atoms with Gasteiger partial charge in [0, 0.05) is 11.9 Å². The number of fused-ring (bicyclic) bond motifs is 1. The lowest BCUT2D eigenvalue weighted by atomic mass is 9.99. The minimum Gasteiger partial charge on any atom is -0.379 e. The number of hydrogen-bond donors (Lipinski definition) is 2. The van der Waals surface area contributed by atoms with Gasteiger partial charge < -0.3 is 5.32 Å². The lowest BCUT2D eigenvalue weighted by Crippen LogP contribution is -2.07. The highest BCUT2D eigenvalue weighted by Gasteiger charge is 2.27. The van der Waals surface area contributed by atoms with Gasteiger partial charge in [0.2, 0.25) is 0 Å². The Morgan fingerprint density at radius 1 is 1.33 bits per heavy atom. The Morgan fingerprint density at radius 3 is 2.60 bits per heavy atom. The molecule has 0 fully saturated rings. The maximum absolute atomic E-state index is 11.3. The monoisotopic (exact) mass is 247 g/mol. The van der Waals surface area contributed by atoms with Crippen molar-refractivity contribution in [2.24, 2.45) is 0 Å². The van der Waals surface area contributed by atoms with Crippen molar-refractivity contribution in [1.29, 1.82) is 0 Å². The van der Waals surface area contributed by atoms with Gasteiger partial charge in [-0.1, -0.05) is 0 Å². The molecule has 0 aliphatic heterocycles. The van der Waals surface area contributed by atoms with Crippen molar-refractivity contribution in [3.05, 3.63) is 10.4 Å². The molecule has 4 nitrogen and oxygen atoms in total. The highest BCUT2D eigenvalue weighted by atomic mass is 32.2. The third-order valence-electron chi connectivity index (χ3n) is 2.61. The average molecular weight is 247 g/mol. The summed E-state index contributed by atoms with van der Waals surface area (Å²) in [6, 6.07) is 0. The summed E-state index contributed by atoms with van der Waals surface area (Å²) in [5.74, 6) is 0. The second kappa shape index (κ2) is 3.77. The molecule has 2 N–H and O–H groups in total. The molecule has 0 aromatic carbocycles. The zero-order chi connectivity index (χ0) is 11.1. The molecule has 0 atom stereocenters. The van der Waals surface area contributed by atoms with Gasteiger partial charge >= 0.3 is 0 Å². The Morgan fingerprint density at radius 2 is 2.00 bits per heavy atom. The van der Waals surface area contributed by atoms with Crippen LogP contribution >= 0.6 is 11.3 Å². The Hall–Kier alpha value is -0.590. The van der Waals surface area contributed by atoms with E-state index in [1.807, 2.05) is 0 Å². The number of hydrogen-bond acceptors (Lipinski definition) is 4. The summed E-state index contributed by atoms with van der Waals surface area (Å²) in [6.07, 6.45) is 3.77. The van der Waals surface area contributed by atoms with Gasteiger partial charge in [0.1, 0.15) is 9.90 Å². The van der Waals surface area contributed by atoms with Gasteiger partial charge in [-0.2, -0.15) is 8.42 Å². The minimum atomic E-state index is -4.10. The van der Waals surface area contributed by atoms with Crippen molar-refractivity contribution < 1.29 is 13.0 Å². The Bertz CT molecular complexity index is 476. The molecular formula is C9H13NO3S2. The molecule has 1 aliphatic carbocycles. The van der Waals surface area contributed by atoms with Crippen molar-refractivity contribution in [2.45, 2.75) is 30.6 Å². The van der Waals surface area contributed by atoms with E-state index in [-0.39, 0.29) is 4.90 Å². The van der Waals surface area contributed by atoms with E-state index >= 15 is 0 Å². The van der Waals surface area contributed by atoms with Crippen molar-refractivity contribution >= 4 is 26.5 Å². The summed E-state index contributed by atoms with van der Waals surface area (Å²) in [4.78, 5) is 1.20. The van der Waals surface area contributed by atoms with Crippen LogP contribution in [0.4, 0.5) is 5.00 Å². The third kappa shape index (κ3) is 1.89. The number of aryl methyl sites for hydroxylation is 1. The maximum atomic E-state index is 11.3. The number of rotatable bonds is 2.